The van der Waals surface area contributed by atoms with Crippen LogP contribution in [0.3, 0.4) is 0 Å². The Bertz CT molecular complexity index is 586. The van der Waals surface area contributed by atoms with E-state index in [1.54, 1.807) is 0 Å². The van der Waals surface area contributed by atoms with Gasteiger partial charge in [-0.25, -0.2) is 9.13 Å². The van der Waals surface area contributed by atoms with E-state index in [1.807, 2.05) is 0 Å². The van der Waals surface area contributed by atoms with Crippen molar-refractivity contribution in [2.24, 2.45) is 11.8 Å². The van der Waals surface area contributed by atoms with E-state index >= 15 is 0 Å². The van der Waals surface area contributed by atoms with Crippen molar-refractivity contribution in [2.75, 3.05) is 19.6 Å². The number of rotatable bonds is 10. The Labute approximate surface area is 180 Å². The number of hydrogen-bond acceptors (Lipinski definition) is 1. The molecule has 162 valence electrons. The summed E-state index contributed by atoms with van der Waals surface area (Å²) in [5.41, 5.74) is 2.58. The quantitative estimate of drug-likeness (QED) is 0.489. The fourth-order valence-corrected chi connectivity index (χ4v) is 3.19. The lowest BCUT2D eigenvalue weighted by Crippen LogP contribution is -2.36. The molecule has 2 atom stereocenters. The van der Waals surface area contributed by atoms with Crippen LogP contribution >= 0.6 is 0 Å². The van der Waals surface area contributed by atoms with Gasteiger partial charge in [0.1, 0.15) is 0 Å². The molecular formula is C26H45N3+2. The van der Waals surface area contributed by atoms with Gasteiger partial charge in [-0.1, -0.05) is 48.5 Å². The summed E-state index contributed by atoms with van der Waals surface area (Å²) in [5, 5.41) is 0. The van der Waals surface area contributed by atoms with E-state index in [4.69, 9.17) is 0 Å². The highest BCUT2D eigenvalue weighted by Crippen LogP contribution is 2.16. The molecule has 0 aromatic carbocycles. The van der Waals surface area contributed by atoms with E-state index in [0.29, 0.717) is 0 Å². The van der Waals surface area contributed by atoms with Gasteiger partial charge >= 0.3 is 0 Å². The third-order valence-electron chi connectivity index (χ3n) is 5.90. The fraction of sp³-hybridized carbons (Fsp3) is 0.615. The van der Waals surface area contributed by atoms with Crippen LogP contribution in [0.2, 0.25) is 0 Å². The van der Waals surface area contributed by atoms with E-state index in [1.165, 1.54) is 43.6 Å². The van der Waals surface area contributed by atoms with Crippen LogP contribution in [0.5, 0.6) is 0 Å². The molecular weight excluding hydrogens is 354 g/mol. The van der Waals surface area contributed by atoms with E-state index < -0.39 is 0 Å². The molecule has 0 radical (unpaired) electrons. The van der Waals surface area contributed by atoms with Crippen molar-refractivity contribution in [3.8, 4) is 11.1 Å². The maximum atomic E-state index is 2.38. The molecule has 2 rings (SSSR count). The first kappa shape index (κ1) is 25.3. The summed E-state index contributed by atoms with van der Waals surface area (Å²) in [4.78, 5) is 2.38. The lowest BCUT2D eigenvalue weighted by molar-refractivity contribution is -0.703. The molecule has 29 heavy (non-hydrogen) atoms. The van der Waals surface area contributed by atoms with Gasteiger partial charge < -0.3 is 4.90 Å². The Kier molecular flexibility index (Phi) is 12.5. The Balaban J connectivity index is 0.000000516. The minimum Gasteiger partial charge on any atom is -0.304 e. The van der Waals surface area contributed by atoms with Crippen molar-refractivity contribution >= 4 is 0 Å². The van der Waals surface area contributed by atoms with Crippen LogP contribution in [-0.4, -0.2) is 24.5 Å². The third kappa shape index (κ3) is 9.54. The highest BCUT2D eigenvalue weighted by molar-refractivity contribution is 5.60. The molecule has 3 heteroatoms. The van der Waals surface area contributed by atoms with Gasteiger partial charge in [0.2, 0.25) is 0 Å². The Hall–Kier alpha value is -1.74. The highest BCUT2D eigenvalue weighted by atomic mass is 15.1. The smallest absolute Gasteiger partial charge is 0.169 e. The molecule has 0 aliphatic heterocycles. The molecule has 0 fully saturated rings. The van der Waals surface area contributed by atoms with E-state index in [2.05, 4.69) is 112 Å². The highest BCUT2D eigenvalue weighted by Gasteiger charge is 2.10. The normalized spacial score (nSPS) is 13.0. The zero-order valence-electron chi connectivity index (χ0n) is 20.1. The average Bonchev–Trinajstić information content (AvgIpc) is 2.76. The van der Waals surface area contributed by atoms with Crippen LogP contribution < -0.4 is 9.13 Å². The average molecular weight is 400 g/mol. The van der Waals surface area contributed by atoms with Gasteiger partial charge in [0.15, 0.2) is 37.9 Å². The van der Waals surface area contributed by atoms with Gasteiger partial charge in [-0.15, -0.1) is 0 Å². The summed E-state index contributed by atoms with van der Waals surface area (Å²) in [6.45, 7) is 21.4. The lowest BCUT2D eigenvalue weighted by Gasteiger charge is -2.13. The number of aromatic nitrogens is 2. The first-order valence-corrected chi connectivity index (χ1v) is 11.7. The van der Waals surface area contributed by atoms with Crippen molar-refractivity contribution in [3.63, 3.8) is 0 Å². The second-order valence-corrected chi connectivity index (χ2v) is 8.21. The van der Waals surface area contributed by atoms with Gasteiger partial charge in [0.25, 0.3) is 0 Å². The molecule has 0 aliphatic rings. The van der Waals surface area contributed by atoms with Crippen LogP contribution in [0, 0.1) is 11.8 Å². The van der Waals surface area contributed by atoms with Gasteiger partial charge in [-0.05, 0) is 43.6 Å². The van der Waals surface area contributed by atoms with Gasteiger partial charge in [0, 0.05) is 36.1 Å². The lowest BCUT2D eigenvalue weighted by atomic mass is 10.1. The van der Waals surface area contributed by atoms with Crippen molar-refractivity contribution in [1.29, 1.82) is 0 Å². The Morgan fingerprint density at radius 1 is 0.621 bits per heavy atom. The molecule has 0 aliphatic carbocycles. The summed E-state index contributed by atoms with van der Waals surface area (Å²) in [7, 11) is 0. The largest absolute Gasteiger partial charge is 0.304 e. The molecule has 2 unspecified atom stereocenters. The van der Waals surface area contributed by atoms with E-state index in [-0.39, 0.29) is 0 Å². The number of pyridine rings is 2. The van der Waals surface area contributed by atoms with Crippen LogP contribution in [0.4, 0.5) is 0 Å². The molecule has 3 nitrogen and oxygen atoms in total. The summed E-state index contributed by atoms with van der Waals surface area (Å²) in [6.07, 6.45) is 11.2. The third-order valence-corrected chi connectivity index (χ3v) is 5.90. The molecule has 0 amide bonds. The van der Waals surface area contributed by atoms with E-state index in [0.717, 1.165) is 24.9 Å². The van der Waals surface area contributed by atoms with Gasteiger partial charge in [-0.3, -0.25) is 0 Å². The summed E-state index contributed by atoms with van der Waals surface area (Å²) >= 11 is 0. The molecule has 0 saturated heterocycles. The fourth-order valence-electron chi connectivity index (χ4n) is 3.19. The zero-order chi connectivity index (χ0) is 21.6. The van der Waals surface area contributed by atoms with Crippen LogP contribution in [0.15, 0.2) is 49.1 Å². The van der Waals surface area contributed by atoms with Crippen LogP contribution in [0.1, 0.15) is 61.3 Å². The molecule has 0 spiro atoms. The van der Waals surface area contributed by atoms with Gasteiger partial charge in [0.05, 0.1) is 0 Å². The van der Waals surface area contributed by atoms with Crippen molar-refractivity contribution < 1.29 is 9.13 Å². The number of hydrogen-bond donors (Lipinski definition) is 0. The molecule has 0 N–H and O–H groups in total. The van der Waals surface area contributed by atoms with Gasteiger partial charge in [-0.2, -0.15) is 0 Å². The monoisotopic (exact) mass is 399 g/mol. The molecule has 2 aromatic heterocycles. The van der Waals surface area contributed by atoms with Crippen molar-refractivity contribution in [2.45, 2.75) is 74.4 Å². The molecule has 0 bridgehead atoms. The maximum Gasteiger partial charge on any atom is 0.169 e. The number of nitrogens with zero attached hydrogens (tertiary/aromatic N) is 3. The minimum atomic E-state index is 0.729. The van der Waals surface area contributed by atoms with Crippen molar-refractivity contribution in [1.82, 2.24) is 4.90 Å². The Morgan fingerprint density at radius 2 is 0.931 bits per heavy atom. The Morgan fingerprint density at radius 3 is 1.14 bits per heavy atom. The molecule has 2 heterocycles. The zero-order valence-corrected chi connectivity index (χ0v) is 20.1. The maximum absolute atomic E-state index is 2.38. The van der Waals surface area contributed by atoms with Crippen molar-refractivity contribution in [3.05, 3.63) is 49.1 Å². The molecule has 2 aromatic rings. The second kappa shape index (κ2) is 14.3. The predicted molar refractivity (Wildman–Crippen MR) is 125 cm³/mol. The SMILES string of the molecule is CCC(C)C[n+]1ccc(-c2cc[n+](CC(C)CC)cc2)cc1.CCN(CC)CC. The van der Waals surface area contributed by atoms with Crippen LogP contribution in [-0.2, 0) is 13.1 Å². The predicted octanol–water partition coefficient (Wildman–Crippen LogP) is 5.37. The standard InChI is InChI=1S/C20H30N2.C6H15N/c1-5-17(3)15-21-11-7-19(8-12-21)20-9-13-22(14-10-20)16-18(4)6-2;1-4-7(5-2)6-3/h7-14,17-18H,5-6,15-16H2,1-4H3;4-6H2,1-3H3/q+2;. The summed E-state index contributed by atoms with van der Waals surface area (Å²) in [5.74, 6) is 1.46. The second-order valence-electron chi connectivity index (χ2n) is 8.21. The molecule has 0 saturated carbocycles. The topological polar surface area (TPSA) is 11.0 Å². The minimum absolute atomic E-state index is 0.729. The summed E-state index contributed by atoms with van der Waals surface area (Å²) < 4.78 is 4.56. The summed E-state index contributed by atoms with van der Waals surface area (Å²) in [6, 6.07) is 8.88. The first-order valence-electron chi connectivity index (χ1n) is 11.7. The van der Waals surface area contributed by atoms with Crippen LogP contribution in [0.25, 0.3) is 11.1 Å². The first-order chi connectivity index (χ1) is 14.0. The van der Waals surface area contributed by atoms with E-state index in [9.17, 15) is 0 Å².